The average molecular weight is 981 g/mol. The summed E-state index contributed by atoms with van der Waals surface area (Å²) in [6, 6.07) is 4.90. The highest BCUT2D eigenvalue weighted by molar-refractivity contribution is 7.87. The Morgan fingerprint density at radius 3 is 0.968 bits per heavy atom. The number of rotatable bonds is 10. The molecule has 62 heavy (non-hydrogen) atoms. The maximum atomic E-state index is 12.6. The fraction of sp³-hybridized carbons (Fsp3) is 0. The smallest absolute Gasteiger partial charge is 0.296 e. The molecular formula is C30H20N4O22S6. The van der Waals surface area contributed by atoms with Gasteiger partial charge in [-0.3, -0.25) is 27.3 Å². The van der Waals surface area contributed by atoms with Gasteiger partial charge in [-0.25, -0.2) is 0 Å². The number of aromatic hydroxyl groups is 4. The van der Waals surface area contributed by atoms with Crippen molar-refractivity contribution in [1.82, 2.24) is 0 Å². The molecule has 0 radical (unpaired) electrons. The highest BCUT2D eigenvalue weighted by Gasteiger charge is 2.29. The number of phenolic OH excluding ortho intramolecular Hbond substituents is 4. The summed E-state index contributed by atoms with van der Waals surface area (Å²) in [6.07, 6.45) is 0. The van der Waals surface area contributed by atoms with Crippen molar-refractivity contribution in [2.45, 2.75) is 29.4 Å². The second kappa shape index (κ2) is 14.8. The van der Waals surface area contributed by atoms with Crippen LogP contribution in [0, 0.1) is 0 Å². The molecule has 0 unspecified atom stereocenters. The molecule has 0 amide bonds. The van der Waals surface area contributed by atoms with Crippen molar-refractivity contribution in [3.05, 3.63) is 60.7 Å². The first kappa shape index (κ1) is 45.5. The Morgan fingerprint density at radius 1 is 0.323 bits per heavy atom. The van der Waals surface area contributed by atoms with Crippen LogP contribution in [0.2, 0.25) is 0 Å². The van der Waals surface area contributed by atoms with Gasteiger partial charge in [0.2, 0.25) is 0 Å². The van der Waals surface area contributed by atoms with E-state index in [0.717, 1.165) is 0 Å². The van der Waals surface area contributed by atoms with Gasteiger partial charge in [0.05, 0.1) is 47.1 Å². The van der Waals surface area contributed by atoms with Gasteiger partial charge in [0.25, 0.3) is 60.7 Å². The molecule has 328 valence electrons. The molecule has 0 atom stereocenters. The van der Waals surface area contributed by atoms with Crippen molar-refractivity contribution >= 4 is 116 Å². The van der Waals surface area contributed by atoms with Crippen LogP contribution in [0.3, 0.4) is 0 Å². The fourth-order valence-corrected chi connectivity index (χ4v) is 9.30. The van der Waals surface area contributed by atoms with E-state index < -0.39 is 168 Å². The summed E-state index contributed by atoms with van der Waals surface area (Å²) in [5.41, 5.74) is -4.45. The number of benzene rings is 6. The zero-order valence-electron chi connectivity index (χ0n) is 29.4. The van der Waals surface area contributed by atoms with E-state index in [9.17, 15) is 98.2 Å². The first-order chi connectivity index (χ1) is 28.2. The predicted octanol–water partition coefficient (Wildman–Crippen LogP) is 4.28. The lowest BCUT2D eigenvalue weighted by atomic mass is 10.1. The number of hydrogen-bond acceptors (Lipinski definition) is 20. The van der Waals surface area contributed by atoms with Crippen LogP contribution in [0.1, 0.15) is 0 Å². The topological polar surface area (TPSA) is 457 Å². The van der Waals surface area contributed by atoms with E-state index in [1.54, 1.807) is 0 Å². The second-order valence-electron chi connectivity index (χ2n) is 12.5. The lowest BCUT2D eigenvalue weighted by molar-refractivity contribution is 0.457. The zero-order chi connectivity index (χ0) is 46.4. The minimum atomic E-state index is -5.60. The molecule has 0 aliphatic carbocycles. The van der Waals surface area contributed by atoms with E-state index in [0.29, 0.717) is 60.7 Å². The Balaban J connectivity index is 1.69. The van der Waals surface area contributed by atoms with Crippen LogP contribution in [-0.4, -0.2) is 98.2 Å². The van der Waals surface area contributed by atoms with Crippen LogP contribution in [0.15, 0.2) is 110 Å². The normalized spacial score (nSPS) is 13.6. The molecule has 26 nitrogen and oxygen atoms in total. The predicted molar refractivity (Wildman–Crippen MR) is 206 cm³/mol. The van der Waals surface area contributed by atoms with Gasteiger partial charge in [-0.1, -0.05) is 0 Å². The van der Waals surface area contributed by atoms with Crippen molar-refractivity contribution < 1.29 is 98.2 Å². The van der Waals surface area contributed by atoms with Crippen LogP contribution in [-0.2, 0) is 60.7 Å². The van der Waals surface area contributed by atoms with Gasteiger partial charge in [0.15, 0.2) is 11.5 Å². The highest BCUT2D eigenvalue weighted by atomic mass is 32.2. The van der Waals surface area contributed by atoms with E-state index in [4.69, 9.17) is 0 Å². The number of nitrogens with zero attached hydrogens (tertiary/aromatic N) is 4. The first-order valence-corrected chi connectivity index (χ1v) is 24.2. The lowest BCUT2D eigenvalue weighted by Crippen LogP contribution is -2.01. The summed E-state index contributed by atoms with van der Waals surface area (Å²) in [5.74, 6) is -4.99. The standard InChI is InChI=1S/C30H20N4O22S6/c35-20-9-16(59(45,46)47)2-11-1-14(57(39,40)41)7-18(24(11)20)31-33-27-22(61(51,52)53)5-12-3-15(58(42,43)44)8-19(25(12)29(27)37)32-34-28-23(62(54,55)56)6-13-4-17(60(48,49)50)10-21(36)26(13)30(28)38/h1-10,35-38H,(H,39,40,41)(H,42,43,44)(H,45,46,47)(H,48,49,50)(H,51,52,53)(H,54,55,56). The van der Waals surface area contributed by atoms with Gasteiger partial charge in [-0.15, -0.1) is 20.5 Å². The Bertz CT molecular complexity index is 3780. The molecule has 6 aromatic rings. The molecule has 10 N–H and O–H groups in total. The molecular weight excluding hydrogens is 961 g/mol. The second-order valence-corrected chi connectivity index (χ2v) is 20.9. The molecule has 0 bridgehead atoms. The van der Waals surface area contributed by atoms with E-state index >= 15 is 0 Å². The lowest BCUT2D eigenvalue weighted by Gasteiger charge is -2.13. The van der Waals surface area contributed by atoms with Gasteiger partial charge >= 0.3 is 0 Å². The van der Waals surface area contributed by atoms with Crippen molar-refractivity contribution in [2.75, 3.05) is 0 Å². The number of hydrogen-bond donors (Lipinski definition) is 10. The van der Waals surface area contributed by atoms with Gasteiger partial charge in [-0.05, 0) is 64.7 Å². The highest BCUT2D eigenvalue weighted by Crippen LogP contribution is 2.49. The Morgan fingerprint density at radius 2 is 0.613 bits per heavy atom. The number of fused-ring (bicyclic) bond motifs is 3. The monoisotopic (exact) mass is 980 g/mol. The maximum absolute atomic E-state index is 12.6. The molecule has 32 heteroatoms. The molecule has 0 spiro atoms. The van der Waals surface area contributed by atoms with Crippen LogP contribution in [0.4, 0.5) is 22.7 Å². The first-order valence-electron chi connectivity index (χ1n) is 15.5. The summed E-state index contributed by atoms with van der Waals surface area (Å²) in [4.78, 5) is -7.02. The molecule has 0 aliphatic heterocycles. The summed E-state index contributed by atoms with van der Waals surface area (Å²) in [6.45, 7) is 0. The molecule has 0 heterocycles. The van der Waals surface area contributed by atoms with E-state index in [1.807, 2.05) is 0 Å². The van der Waals surface area contributed by atoms with E-state index in [2.05, 4.69) is 20.5 Å². The van der Waals surface area contributed by atoms with E-state index in [1.165, 1.54) is 0 Å². The number of azo groups is 2. The van der Waals surface area contributed by atoms with Crippen molar-refractivity contribution in [3.8, 4) is 23.0 Å². The summed E-state index contributed by atoms with van der Waals surface area (Å²) in [7, 11) is -31.8. The molecule has 0 aromatic heterocycles. The van der Waals surface area contributed by atoms with Crippen LogP contribution in [0.25, 0.3) is 32.3 Å². The van der Waals surface area contributed by atoms with Gasteiger partial charge in [0.1, 0.15) is 32.7 Å². The third-order valence-electron chi connectivity index (χ3n) is 8.42. The minimum absolute atomic E-state index is 0.400. The molecule has 0 aliphatic rings. The van der Waals surface area contributed by atoms with Gasteiger partial charge in [-0.2, -0.15) is 50.5 Å². The molecule has 0 saturated carbocycles. The van der Waals surface area contributed by atoms with Crippen molar-refractivity contribution in [2.24, 2.45) is 20.5 Å². The Hall–Kier alpha value is -6.04. The maximum Gasteiger partial charge on any atom is 0.296 e. The third kappa shape index (κ3) is 8.69. The van der Waals surface area contributed by atoms with Crippen molar-refractivity contribution in [3.63, 3.8) is 0 Å². The van der Waals surface area contributed by atoms with Gasteiger partial charge in [0, 0.05) is 12.1 Å². The average Bonchev–Trinajstić information content (AvgIpc) is 3.10. The summed E-state index contributed by atoms with van der Waals surface area (Å²) >= 11 is 0. The quantitative estimate of drug-likeness (QED) is 0.0676. The molecule has 0 saturated heterocycles. The zero-order valence-corrected chi connectivity index (χ0v) is 34.3. The largest absolute Gasteiger partial charge is 0.507 e. The summed E-state index contributed by atoms with van der Waals surface area (Å²) < 4.78 is 204. The Kier molecular flexibility index (Phi) is 10.9. The van der Waals surface area contributed by atoms with Crippen LogP contribution < -0.4 is 0 Å². The van der Waals surface area contributed by atoms with Crippen LogP contribution in [0.5, 0.6) is 23.0 Å². The third-order valence-corrected chi connectivity index (χ3v) is 13.5. The summed E-state index contributed by atoms with van der Waals surface area (Å²) in [5, 5.41) is 53.8. The van der Waals surface area contributed by atoms with Crippen molar-refractivity contribution in [1.29, 1.82) is 0 Å². The van der Waals surface area contributed by atoms with Gasteiger partial charge < -0.3 is 20.4 Å². The molecule has 6 aromatic carbocycles. The molecule has 0 fully saturated rings. The fourth-order valence-electron chi connectivity index (χ4n) is 5.84. The Labute approximate surface area is 345 Å². The minimum Gasteiger partial charge on any atom is -0.507 e. The van der Waals surface area contributed by atoms with Crippen LogP contribution >= 0.6 is 0 Å². The molecule has 6 rings (SSSR count). The van der Waals surface area contributed by atoms with E-state index in [-0.39, 0.29) is 0 Å². The SMILES string of the molecule is O=S(=O)(O)c1cc(O)c2c(N=Nc3c(S(=O)(=O)O)cc4cc(S(=O)(=O)O)cc(N=Nc5c(S(=O)(=O)O)cc6cc(S(=O)(=O)O)cc(O)c6c5O)c4c3O)cc(S(=O)(=O)O)cc2c1. The number of phenols is 4.